The van der Waals surface area contributed by atoms with Crippen LogP contribution in [0.3, 0.4) is 0 Å². The van der Waals surface area contributed by atoms with Crippen LogP contribution in [0, 0.1) is 0 Å². The van der Waals surface area contributed by atoms with E-state index in [1.165, 1.54) is 11.8 Å². The Morgan fingerprint density at radius 1 is 1.75 bits per heavy atom. The highest BCUT2D eigenvalue weighted by molar-refractivity contribution is 7.99. The molecule has 0 aliphatic rings. The maximum absolute atomic E-state index is 11.5. The molecule has 0 amide bonds. The average molecular weight is 243 g/mol. The molecule has 1 heterocycles. The molecular formula is C10H17N3O2S. The summed E-state index contributed by atoms with van der Waals surface area (Å²) in [7, 11) is 3.68. The first-order valence-electron chi connectivity index (χ1n) is 5.13. The lowest BCUT2D eigenvalue weighted by Gasteiger charge is -2.13. The molecule has 1 aromatic heterocycles. The Kier molecular flexibility index (Phi) is 5.34. The van der Waals surface area contributed by atoms with E-state index in [-0.39, 0.29) is 12.0 Å². The van der Waals surface area contributed by atoms with Crippen LogP contribution in [0.2, 0.25) is 0 Å². The zero-order valence-electron chi connectivity index (χ0n) is 9.77. The maximum atomic E-state index is 11.5. The lowest BCUT2D eigenvalue weighted by Crippen LogP contribution is -2.37. The van der Waals surface area contributed by atoms with Gasteiger partial charge in [-0.15, -0.1) is 0 Å². The van der Waals surface area contributed by atoms with Gasteiger partial charge < -0.3 is 14.6 Å². The number of esters is 1. The summed E-state index contributed by atoms with van der Waals surface area (Å²) in [5.41, 5.74) is 0. The van der Waals surface area contributed by atoms with Gasteiger partial charge in [0.05, 0.1) is 6.61 Å². The molecule has 0 saturated heterocycles. The molecule has 0 spiro atoms. The van der Waals surface area contributed by atoms with E-state index >= 15 is 0 Å². The molecule has 5 nitrogen and oxygen atoms in total. The van der Waals surface area contributed by atoms with Gasteiger partial charge in [-0.05, 0) is 14.0 Å². The second-order valence-electron chi connectivity index (χ2n) is 3.23. The summed E-state index contributed by atoms with van der Waals surface area (Å²) < 4.78 is 6.87. The van der Waals surface area contributed by atoms with E-state index < -0.39 is 0 Å². The Hall–Kier alpha value is -1.01. The summed E-state index contributed by atoms with van der Waals surface area (Å²) in [6.45, 7) is 2.21. The highest BCUT2D eigenvalue weighted by atomic mass is 32.2. The van der Waals surface area contributed by atoms with E-state index in [1.54, 1.807) is 20.2 Å². The number of aryl methyl sites for hydroxylation is 1. The van der Waals surface area contributed by atoms with Crippen LogP contribution in [0.4, 0.5) is 0 Å². The van der Waals surface area contributed by atoms with Crippen LogP contribution in [0.5, 0.6) is 0 Å². The van der Waals surface area contributed by atoms with Crippen molar-refractivity contribution in [1.82, 2.24) is 14.9 Å². The van der Waals surface area contributed by atoms with Gasteiger partial charge in [0.2, 0.25) is 0 Å². The third kappa shape index (κ3) is 3.53. The monoisotopic (exact) mass is 243 g/mol. The number of nitrogens with one attached hydrogen (secondary N) is 1. The molecule has 1 N–H and O–H groups in total. The molecule has 0 aliphatic heterocycles. The van der Waals surface area contributed by atoms with Crippen LogP contribution in [-0.4, -0.2) is 41.0 Å². The van der Waals surface area contributed by atoms with Crippen molar-refractivity contribution in [1.29, 1.82) is 0 Å². The number of nitrogens with zero attached hydrogens (tertiary/aromatic N) is 2. The van der Waals surface area contributed by atoms with E-state index in [9.17, 15) is 4.79 Å². The minimum absolute atomic E-state index is 0.216. The highest BCUT2D eigenvalue weighted by Crippen LogP contribution is 2.15. The summed E-state index contributed by atoms with van der Waals surface area (Å²) in [4.78, 5) is 15.7. The first kappa shape index (κ1) is 13.1. The molecule has 0 aliphatic carbocycles. The number of aromatic nitrogens is 2. The van der Waals surface area contributed by atoms with Crippen molar-refractivity contribution in [2.24, 2.45) is 7.05 Å². The normalized spacial score (nSPS) is 12.4. The van der Waals surface area contributed by atoms with Crippen LogP contribution in [0.25, 0.3) is 0 Å². The molecule has 1 aromatic rings. The minimum Gasteiger partial charge on any atom is -0.465 e. The number of likely N-dealkylation sites (N-methyl/N-ethyl adjacent to an activating group) is 1. The molecule has 16 heavy (non-hydrogen) atoms. The van der Waals surface area contributed by atoms with Crippen molar-refractivity contribution < 1.29 is 9.53 Å². The number of thioether (sulfide) groups is 1. The summed E-state index contributed by atoms with van der Waals surface area (Å²) in [5.74, 6) is 0.395. The Labute approximate surface area is 99.6 Å². The third-order valence-electron chi connectivity index (χ3n) is 2.08. The van der Waals surface area contributed by atoms with Gasteiger partial charge in [-0.2, -0.15) is 0 Å². The fourth-order valence-electron chi connectivity index (χ4n) is 1.16. The Morgan fingerprint density at radius 3 is 3.00 bits per heavy atom. The van der Waals surface area contributed by atoms with Crippen molar-refractivity contribution in [2.75, 3.05) is 19.4 Å². The molecule has 90 valence electrons. The van der Waals surface area contributed by atoms with Crippen molar-refractivity contribution in [3.05, 3.63) is 12.4 Å². The lowest BCUT2D eigenvalue weighted by molar-refractivity contribution is -0.144. The maximum Gasteiger partial charge on any atom is 0.323 e. The molecule has 1 rings (SSSR count). The zero-order valence-corrected chi connectivity index (χ0v) is 10.6. The summed E-state index contributed by atoms with van der Waals surface area (Å²) in [6, 6.07) is -0.290. The number of ether oxygens (including phenoxy) is 1. The summed E-state index contributed by atoms with van der Waals surface area (Å²) in [6.07, 6.45) is 3.61. The van der Waals surface area contributed by atoms with Crippen LogP contribution in [0.1, 0.15) is 6.92 Å². The van der Waals surface area contributed by atoms with E-state index in [1.807, 2.05) is 17.8 Å². The first-order valence-corrected chi connectivity index (χ1v) is 6.11. The zero-order chi connectivity index (χ0) is 12.0. The van der Waals surface area contributed by atoms with Crippen LogP contribution < -0.4 is 5.32 Å². The molecule has 0 aromatic carbocycles. The quantitative estimate of drug-likeness (QED) is 0.587. The van der Waals surface area contributed by atoms with Crippen molar-refractivity contribution in [2.45, 2.75) is 18.1 Å². The van der Waals surface area contributed by atoms with Gasteiger partial charge in [-0.3, -0.25) is 4.79 Å². The van der Waals surface area contributed by atoms with E-state index in [2.05, 4.69) is 10.3 Å². The van der Waals surface area contributed by atoms with Crippen LogP contribution in [0.15, 0.2) is 17.6 Å². The van der Waals surface area contributed by atoms with Gasteiger partial charge in [0.15, 0.2) is 5.16 Å². The topological polar surface area (TPSA) is 56.1 Å². The highest BCUT2D eigenvalue weighted by Gasteiger charge is 2.18. The predicted octanol–water partition coefficient (Wildman–Crippen LogP) is 0.663. The fourth-order valence-corrected chi connectivity index (χ4v) is 2.18. The second kappa shape index (κ2) is 6.55. The molecule has 0 radical (unpaired) electrons. The van der Waals surface area contributed by atoms with E-state index in [0.29, 0.717) is 12.4 Å². The van der Waals surface area contributed by atoms with Crippen molar-refractivity contribution in [3.8, 4) is 0 Å². The number of rotatable bonds is 6. The predicted molar refractivity (Wildman–Crippen MR) is 63.4 cm³/mol. The standard InChI is InChI=1S/C10H17N3O2S/c1-4-15-9(14)8(11-2)7-16-10-12-5-6-13(10)3/h5-6,8,11H,4,7H2,1-3H3. The molecule has 0 fully saturated rings. The second-order valence-corrected chi connectivity index (χ2v) is 4.21. The van der Waals surface area contributed by atoms with Gasteiger partial charge in [-0.25, -0.2) is 4.98 Å². The van der Waals surface area contributed by atoms with E-state index in [4.69, 9.17) is 4.74 Å². The SMILES string of the molecule is CCOC(=O)C(CSc1nccn1C)NC. The van der Waals surface area contributed by atoms with Gasteiger partial charge in [-0.1, -0.05) is 11.8 Å². The molecule has 0 saturated carbocycles. The van der Waals surface area contributed by atoms with Crippen molar-refractivity contribution >= 4 is 17.7 Å². The van der Waals surface area contributed by atoms with E-state index in [0.717, 1.165) is 5.16 Å². The first-order chi connectivity index (χ1) is 7.69. The number of carbonyl (C=O) groups is 1. The van der Waals surface area contributed by atoms with Gasteiger partial charge in [0.25, 0.3) is 0 Å². The smallest absolute Gasteiger partial charge is 0.323 e. The molecule has 6 heteroatoms. The number of hydrogen-bond donors (Lipinski definition) is 1. The Balaban J connectivity index is 2.46. The number of imidazole rings is 1. The van der Waals surface area contributed by atoms with Crippen LogP contribution in [-0.2, 0) is 16.6 Å². The van der Waals surface area contributed by atoms with Crippen LogP contribution >= 0.6 is 11.8 Å². The fraction of sp³-hybridized carbons (Fsp3) is 0.600. The number of carbonyl (C=O) groups excluding carboxylic acids is 1. The molecule has 1 atom stereocenters. The average Bonchev–Trinajstić information content (AvgIpc) is 2.66. The summed E-state index contributed by atoms with van der Waals surface area (Å²) in [5, 5.41) is 3.83. The molecule has 1 unspecified atom stereocenters. The molecular weight excluding hydrogens is 226 g/mol. The Bertz CT molecular complexity index is 341. The summed E-state index contributed by atoms with van der Waals surface area (Å²) >= 11 is 1.53. The van der Waals surface area contributed by atoms with Crippen molar-refractivity contribution in [3.63, 3.8) is 0 Å². The molecule has 0 bridgehead atoms. The van der Waals surface area contributed by atoms with Gasteiger partial charge in [0, 0.05) is 25.2 Å². The Morgan fingerprint density at radius 2 is 2.50 bits per heavy atom. The minimum atomic E-state index is -0.290. The number of hydrogen-bond acceptors (Lipinski definition) is 5. The van der Waals surface area contributed by atoms with Gasteiger partial charge in [0.1, 0.15) is 6.04 Å². The largest absolute Gasteiger partial charge is 0.465 e. The lowest BCUT2D eigenvalue weighted by atomic mass is 10.3. The van der Waals surface area contributed by atoms with Gasteiger partial charge >= 0.3 is 5.97 Å². The third-order valence-corrected chi connectivity index (χ3v) is 3.23.